The van der Waals surface area contributed by atoms with Crippen molar-refractivity contribution < 1.29 is 9.47 Å². The van der Waals surface area contributed by atoms with Gasteiger partial charge in [0.05, 0.1) is 12.2 Å². The number of benzene rings is 1. The molecule has 0 amide bonds. The smallest absolute Gasteiger partial charge is 0.123 e. The van der Waals surface area contributed by atoms with Gasteiger partial charge in [0.15, 0.2) is 0 Å². The molecule has 0 aliphatic carbocycles. The summed E-state index contributed by atoms with van der Waals surface area (Å²) in [6.45, 7) is 7.57. The third-order valence-corrected chi connectivity index (χ3v) is 5.73. The number of ether oxygens (including phenoxy) is 2. The fourth-order valence-corrected chi connectivity index (χ4v) is 4.69. The van der Waals surface area contributed by atoms with Gasteiger partial charge in [0.25, 0.3) is 0 Å². The van der Waals surface area contributed by atoms with E-state index in [-0.39, 0.29) is 11.0 Å². The van der Waals surface area contributed by atoms with Crippen molar-refractivity contribution in [3.63, 3.8) is 0 Å². The maximum atomic E-state index is 6.41. The van der Waals surface area contributed by atoms with Crippen molar-refractivity contribution in [3.8, 4) is 5.75 Å². The molecule has 2 heterocycles. The van der Waals surface area contributed by atoms with Crippen molar-refractivity contribution in [2.24, 2.45) is 0 Å². The molecule has 0 N–H and O–H groups in total. The van der Waals surface area contributed by atoms with Gasteiger partial charge in [0, 0.05) is 18.6 Å². The highest BCUT2D eigenvalue weighted by atomic mass is 32.2. The van der Waals surface area contributed by atoms with Crippen LogP contribution in [0.3, 0.4) is 0 Å². The summed E-state index contributed by atoms with van der Waals surface area (Å²) in [5, 5.41) is 0. The first-order chi connectivity index (χ1) is 9.99. The molecule has 0 saturated carbocycles. The molecule has 3 heteroatoms. The Kier molecular flexibility index (Phi) is 4.24. The van der Waals surface area contributed by atoms with Gasteiger partial charge in [0.2, 0.25) is 0 Å². The van der Waals surface area contributed by atoms with E-state index in [1.54, 1.807) is 0 Å². The number of para-hydroxylation sites is 1. The van der Waals surface area contributed by atoms with E-state index >= 15 is 0 Å². The quantitative estimate of drug-likeness (QED) is 0.806. The normalized spacial score (nSPS) is 29.8. The number of rotatable bonds is 2. The number of hydrogen-bond donors (Lipinski definition) is 0. The van der Waals surface area contributed by atoms with E-state index in [4.69, 9.17) is 9.47 Å². The first-order valence-electron chi connectivity index (χ1n) is 7.96. The lowest BCUT2D eigenvalue weighted by Gasteiger charge is -2.38. The standard InChI is InChI=1S/C18H26O2S/c1-17(2,3)15-6-4-5-7-16(15)20-14-8-10-19-18(12-14)9-11-21-13-18/h4-7,14H,8-13H2,1-3H3. The SMILES string of the molecule is CC(C)(C)c1ccccc1OC1CCOC2(CCSC2)C1. The second-order valence-corrected chi connectivity index (χ2v) is 8.42. The summed E-state index contributed by atoms with van der Waals surface area (Å²) in [4.78, 5) is 0. The molecule has 1 aromatic rings. The molecule has 1 aromatic carbocycles. The summed E-state index contributed by atoms with van der Waals surface area (Å²) in [7, 11) is 0. The molecule has 21 heavy (non-hydrogen) atoms. The van der Waals surface area contributed by atoms with Crippen molar-refractivity contribution in [2.75, 3.05) is 18.1 Å². The molecule has 2 fully saturated rings. The molecular weight excluding hydrogens is 280 g/mol. The largest absolute Gasteiger partial charge is 0.490 e. The maximum absolute atomic E-state index is 6.41. The maximum Gasteiger partial charge on any atom is 0.123 e. The molecule has 3 rings (SSSR count). The Labute approximate surface area is 132 Å². The average molecular weight is 306 g/mol. The van der Waals surface area contributed by atoms with Crippen LogP contribution >= 0.6 is 11.8 Å². The molecule has 1 spiro atoms. The van der Waals surface area contributed by atoms with Crippen molar-refractivity contribution in [3.05, 3.63) is 29.8 Å². The highest BCUT2D eigenvalue weighted by molar-refractivity contribution is 7.99. The molecule has 2 saturated heterocycles. The summed E-state index contributed by atoms with van der Waals surface area (Å²) >= 11 is 2.01. The zero-order chi connectivity index (χ0) is 14.9. The van der Waals surface area contributed by atoms with Crippen molar-refractivity contribution in [1.29, 1.82) is 0 Å². The van der Waals surface area contributed by atoms with Gasteiger partial charge in [-0.15, -0.1) is 0 Å². The minimum absolute atomic E-state index is 0.0876. The van der Waals surface area contributed by atoms with E-state index < -0.39 is 0 Å². The number of thioether (sulfide) groups is 1. The van der Waals surface area contributed by atoms with Crippen LogP contribution in [0.25, 0.3) is 0 Å². The lowest BCUT2D eigenvalue weighted by Crippen LogP contribution is -2.44. The van der Waals surface area contributed by atoms with Crippen molar-refractivity contribution in [2.45, 2.75) is 57.2 Å². The lowest BCUT2D eigenvalue weighted by molar-refractivity contribution is -0.0961. The van der Waals surface area contributed by atoms with E-state index in [0.29, 0.717) is 6.10 Å². The van der Waals surface area contributed by atoms with Crippen LogP contribution in [0.1, 0.15) is 45.6 Å². The first kappa shape index (κ1) is 15.2. The molecule has 116 valence electrons. The van der Waals surface area contributed by atoms with Gasteiger partial charge in [-0.25, -0.2) is 0 Å². The van der Waals surface area contributed by atoms with Gasteiger partial charge in [-0.3, -0.25) is 0 Å². The van der Waals surface area contributed by atoms with E-state index in [9.17, 15) is 0 Å². The third-order valence-electron chi connectivity index (χ3n) is 4.50. The molecular formula is C18H26O2S. The van der Waals surface area contributed by atoms with Crippen molar-refractivity contribution >= 4 is 11.8 Å². The Morgan fingerprint density at radius 2 is 2.10 bits per heavy atom. The van der Waals surface area contributed by atoms with Crippen LogP contribution < -0.4 is 4.74 Å². The van der Waals surface area contributed by atoms with Crippen molar-refractivity contribution in [1.82, 2.24) is 0 Å². The number of hydrogen-bond acceptors (Lipinski definition) is 3. The molecule has 2 aliphatic rings. The van der Waals surface area contributed by atoms with E-state index in [1.807, 2.05) is 11.8 Å². The van der Waals surface area contributed by atoms with E-state index in [2.05, 4.69) is 45.0 Å². The monoisotopic (exact) mass is 306 g/mol. The predicted molar refractivity (Wildman–Crippen MR) is 89.4 cm³/mol. The highest BCUT2D eigenvalue weighted by Gasteiger charge is 2.41. The summed E-state index contributed by atoms with van der Waals surface area (Å²) in [6.07, 6.45) is 3.52. The second-order valence-electron chi connectivity index (χ2n) is 7.31. The topological polar surface area (TPSA) is 18.5 Å². The third kappa shape index (κ3) is 3.40. The molecule has 2 nitrogen and oxygen atoms in total. The molecule has 0 radical (unpaired) electrons. The molecule has 0 bridgehead atoms. The average Bonchev–Trinajstić information content (AvgIpc) is 2.86. The Balaban J connectivity index is 1.75. The van der Waals surface area contributed by atoms with Gasteiger partial charge in [-0.05, 0) is 29.2 Å². The van der Waals surface area contributed by atoms with Crippen LogP contribution in [0.15, 0.2) is 24.3 Å². The van der Waals surface area contributed by atoms with Crippen LogP contribution in [0.5, 0.6) is 5.75 Å². The van der Waals surface area contributed by atoms with Crippen LogP contribution in [0.2, 0.25) is 0 Å². The zero-order valence-electron chi connectivity index (χ0n) is 13.4. The Morgan fingerprint density at radius 3 is 2.81 bits per heavy atom. The van der Waals surface area contributed by atoms with Crippen LogP contribution in [-0.2, 0) is 10.2 Å². The summed E-state index contributed by atoms with van der Waals surface area (Å²) < 4.78 is 12.5. The Bertz CT molecular complexity index is 486. The minimum atomic E-state index is 0.0876. The van der Waals surface area contributed by atoms with Gasteiger partial charge in [-0.1, -0.05) is 39.0 Å². The molecule has 2 unspecified atom stereocenters. The Morgan fingerprint density at radius 1 is 1.29 bits per heavy atom. The fraction of sp³-hybridized carbons (Fsp3) is 0.667. The Hall–Kier alpha value is -0.670. The second kappa shape index (κ2) is 5.85. The van der Waals surface area contributed by atoms with Crippen LogP contribution in [0.4, 0.5) is 0 Å². The van der Waals surface area contributed by atoms with E-state index in [0.717, 1.165) is 31.0 Å². The zero-order valence-corrected chi connectivity index (χ0v) is 14.2. The first-order valence-corrected chi connectivity index (χ1v) is 9.12. The van der Waals surface area contributed by atoms with Crippen LogP contribution in [0, 0.1) is 0 Å². The lowest BCUT2D eigenvalue weighted by atomic mass is 9.86. The predicted octanol–water partition coefficient (Wildman–Crippen LogP) is 4.42. The van der Waals surface area contributed by atoms with Gasteiger partial charge in [0.1, 0.15) is 11.9 Å². The van der Waals surface area contributed by atoms with Crippen LogP contribution in [-0.4, -0.2) is 29.8 Å². The summed E-state index contributed by atoms with van der Waals surface area (Å²) in [5.41, 5.74) is 1.50. The highest BCUT2D eigenvalue weighted by Crippen LogP contribution is 2.40. The summed E-state index contributed by atoms with van der Waals surface area (Å²) in [6, 6.07) is 8.49. The minimum Gasteiger partial charge on any atom is -0.490 e. The molecule has 2 aliphatic heterocycles. The molecule has 0 aromatic heterocycles. The fourth-order valence-electron chi connectivity index (χ4n) is 3.32. The van der Waals surface area contributed by atoms with E-state index in [1.165, 1.54) is 17.7 Å². The summed E-state index contributed by atoms with van der Waals surface area (Å²) in [5.74, 6) is 3.41. The van der Waals surface area contributed by atoms with Gasteiger partial charge < -0.3 is 9.47 Å². The van der Waals surface area contributed by atoms with Gasteiger partial charge in [-0.2, -0.15) is 11.8 Å². The molecule has 2 atom stereocenters. The van der Waals surface area contributed by atoms with Gasteiger partial charge >= 0.3 is 0 Å².